The standard InChI is InChI=1S/C21H32N4O.C2H6/c1-2-16(24-17-9-4-3-5-10-17)12-13-23-21-18(20(22)26)14-15-8-6-7-11-19(15)25-21;1-2/h6-8,11,14,16-17,19,23-25H,2-5,9-10,12-13H2,1H3,(H2,22,26);1-2H3/t16-,19?;/m1./s1. The number of rotatable bonds is 8. The Morgan fingerprint density at radius 3 is 2.68 bits per heavy atom. The Bertz CT molecular complexity index is 627. The summed E-state index contributed by atoms with van der Waals surface area (Å²) in [6, 6.07) is 1.29. The van der Waals surface area contributed by atoms with Gasteiger partial charge in [0.2, 0.25) is 0 Å². The van der Waals surface area contributed by atoms with Crippen molar-refractivity contribution in [1.82, 2.24) is 16.0 Å². The normalized spacial score (nSPS) is 22.4. The number of primary amides is 1. The fourth-order valence-corrected chi connectivity index (χ4v) is 4.02. The second-order valence-electron chi connectivity index (χ2n) is 7.49. The van der Waals surface area contributed by atoms with Crippen LogP contribution in [-0.2, 0) is 4.79 Å². The lowest BCUT2D eigenvalue weighted by molar-refractivity contribution is -0.114. The molecule has 1 heterocycles. The molecule has 3 aliphatic rings. The van der Waals surface area contributed by atoms with E-state index in [1.165, 1.54) is 32.1 Å². The first-order valence-electron chi connectivity index (χ1n) is 11.0. The fourth-order valence-electron chi connectivity index (χ4n) is 4.02. The van der Waals surface area contributed by atoms with Gasteiger partial charge in [-0.2, -0.15) is 0 Å². The molecule has 0 aromatic heterocycles. The average Bonchev–Trinajstić information content (AvgIpc) is 2.74. The molecular formula is C23H38N4O. The van der Waals surface area contributed by atoms with Crippen LogP contribution in [0.15, 0.2) is 47.3 Å². The monoisotopic (exact) mass is 386 g/mol. The quantitative estimate of drug-likeness (QED) is 0.515. The van der Waals surface area contributed by atoms with Crippen LogP contribution in [0.4, 0.5) is 0 Å². The molecule has 1 saturated carbocycles. The first-order valence-corrected chi connectivity index (χ1v) is 11.0. The van der Waals surface area contributed by atoms with Gasteiger partial charge < -0.3 is 21.7 Å². The number of carbonyl (C=O) groups is 1. The van der Waals surface area contributed by atoms with E-state index >= 15 is 0 Å². The number of nitrogens with two attached hydrogens (primary N) is 1. The summed E-state index contributed by atoms with van der Waals surface area (Å²) in [5.41, 5.74) is 7.18. The molecule has 5 nitrogen and oxygen atoms in total. The van der Waals surface area contributed by atoms with Gasteiger partial charge in [0.15, 0.2) is 0 Å². The first-order chi connectivity index (χ1) is 13.7. The van der Waals surface area contributed by atoms with Gasteiger partial charge in [-0.3, -0.25) is 4.79 Å². The van der Waals surface area contributed by atoms with Crippen LogP contribution in [0.2, 0.25) is 0 Å². The van der Waals surface area contributed by atoms with Gasteiger partial charge >= 0.3 is 0 Å². The number of carbonyl (C=O) groups excluding carboxylic acids is 1. The van der Waals surface area contributed by atoms with E-state index in [4.69, 9.17) is 5.73 Å². The Hall–Kier alpha value is -2.01. The number of hydrogen-bond acceptors (Lipinski definition) is 4. The minimum absolute atomic E-state index is 0.105. The largest absolute Gasteiger partial charge is 0.371 e. The molecule has 5 heteroatoms. The second-order valence-corrected chi connectivity index (χ2v) is 7.49. The van der Waals surface area contributed by atoms with Gasteiger partial charge in [-0.05, 0) is 37.3 Å². The van der Waals surface area contributed by atoms with Crippen molar-refractivity contribution in [3.63, 3.8) is 0 Å². The number of allylic oxidation sites excluding steroid dienone is 2. The molecule has 3 rings (SSSR count). The van der Waals surface area contributed by atoms with Crippen molar-refractivity contribution in [3.05, 3.63) is 47.3 Å². The van der Waals surface area contributed by atoms with Crippen LogP contribution in [0.5, 0.6) is 0 Å². The van der Waals surface area contributed by atoms with E-state index in [1.807, 2.05) is 38.2 Å². The minimum atomic E-state index is -0.402. The summed E-state index contributed by atoms with van der Waals surface area (Å²) in [6.07, 6.45) is 18.8. The minimum Gasteiger partial charge on any atom is -0.371 e. The van der Waals surface area contributed by atoms with Crippen LogP contribution in [-0.4, -0.2) is 30.6 Å². The van der Waals surface area contributed by atoms with Crippen molar-refractivity contribution in [2.24, 2.45) is 5.73 Å². The molecule has 0 aromatic rings. The van der Waals surface area contributed by atoms with Crippen LogP contribution in [0.3, 0.4) is 0 Å². The third-order valence-corrected chi connectivity index (χ3v) is 5.57. The number of fused-ring (bicyclic) bond motifs is 1. The molecule has 1 fully saturated rings. The first kappa shape index (κ1) is 22.3. The number of dihydropyridines is 1. The van der Waals surface area contributed by atoms with E-state index in [0.29, 0.717) is 17.7 Å². The average molecular weight is 387 g/mol. The molecule has 0 aromatic carbocycles. The highest BCUT2D eigenvalue weighted by Crippen LogP contribution is 2.21. The molecule has 2 aliphatic carbocycles. The zero-order chi connectivity index (χ0) is 20.4. The van der Waals surface area contributed by atoms with Crippen LogP contribution in [0.25, 0.3) is 0 Å². The molecule has 0 saturated heterocycles. The van der Waals surface area contributed by atoms with Crippen molar-refractivity contribution < 1.29 is 4.79 Å². The lowest BCUT2D eigenvalue weighted by atomic mass is 9.94. The van der Waals surface area contributed by atoms with Crippen LogP contribution in [0, 0.1) is 0 Å². The van der Waals surface area contributed by atoms with Crippen LogP contribution >= 0.6 is 0 Å². The molecule has 1 aliphatic heterocycles. The van der Waals surface area contributed by atoms with Gasteiger partial charge in [-0.15, -0.1) is 0 Å². The molecule has 5 N–H and O–H groups in total. The van der Waals surface area contributed by atoms with E-state index in [2.05, 4.69) is 29.0 Å². The third-order valence-electron chi connectivity index (χ3n) is 5.57. The molecule has 28 heavy (non-hydrogen) atoms. The van der Waals surface area contributed by atoms with E-state index in [9.17, 15) is 4.79 Å². The summed E-state index contributed by atoms with van der Waals surface area (Å²) in [5.74, 6) is 0.347. The summed E-state index contributed by atoms with van der Waals surface area (Å²) in [5, 5.41) is 10.6. The Balaban J connectivity index is 0.00000136. The SMILES string of the molecule is CC.CC[C@H](CCNC1=C(C(N)=O)C=C2C=CC=CC2N1)NC1CCCCC1. The van der Waals surface area contributed by atoms with Crippen molar-refractivity contribution in [2.75, 3.05) is 6.54 Å². The maximum Gasteiger partial charge on any atom is 0.252 e. The van der Waals surface area contributed by atoms with E-state index in [-0.39, 0.29) is 6.04 Å². The summed E-state index contributed by atoms with van der Waals surface area (Å²) in [6.45, 7) is 7.05. The van der Waals surface area contributed by atoms with Gasteiger partial charge in [0.1, 0.15) is 5.82 Å². The molecule has 2 atom stereocenters. The lowest BCUT2D eigenvalue weighted by Gasteiger charge is -2.30. The van der Waals surface area contributed by atoms with E-state index in [1.54, 1.807) is 0 Å². The molecular weight excluding hydrogens is 348 g/mol. The van der Waals surface area contributed by atoms with E-state index in [0.717, 1.165) is 30.8 Å². The zero-order valence-electron chi connectivity index (χ0n) is 17.8. The Morgan fingerprint density at radius 2 is 2.00 bits per heavy atom. The van der Waals surface area contributed by atoms with Crippen molar-refractivity contribution >= 4 is 5.91 Å². The molecule has 0 radical (unpaired) electrons. The highest BCUT2D eigenvalue weighted by molar-refractivity contribution is 5.96. The maximum absolute atomic E-state index is 11.8. The summed E-state index contributed by atoms with van der Waals surface area (Å²) >= 11 is 0. The molecule has 156 valence electrons. The number of hydrogen-bond donors (Lipinski definition) is 4. The van der Waals surface area contributed by atoms with E-state index < -0.39 is 5.91 Å². The summed E-state index contributed by atoms with van der Waals surface area (Å²) in [7, 11) is 0. The van der Waals surface area contributed by atoms with Crippen LogP contribution in [0.1, 0.15) is 65.7 Å². The van der Waals surface area contributed by atoms with Crippen molar-refractivity contribution in [3.8, 4) is 0 Å². The highest BCUT2D eigenvalue weighted by Gasteiger charge is 2.23. The maximum atomic E-state index is 11.8. The second kappa shape index (κ2) is 11.7. The Morgan fingerprint density at radius 1 is 1.25 bits per heavy atom. The van der Waals surface area contributed by atoms with Gasteiger partial charge in [0.25, 0.3) is 5.91 Å². The highest BCUT2D eigenvalue weighted by atomic mass is 16.1. The number of nitrogens with one attached hydrogen (secondary N) is 3. The Labute approximate surface area is 170 Å². The van der Waals surface area contributed by atoms with Crippen LogP contribution < -0.4 is 21.7 Å². The van der Waals surface area contributed by atoms with Gasteiger partial charge in [-0.25, -0.2) is 0 Å². The third kappa shape index (κ3) is 6.26. The van der Waals surface area contributed by atoms with Gasteiger partial charge in [0, 0.05) is 18.6 Å². The Kier molecular flexibility index (Phi) is 9.35. The van der Waals surface area contributed by atoms with Crippen molar-refractivity contribution in [1.29, 1.82) is 0 Å². The molecule has 0 bridgehead atoms. The zero-order valence-corrected chi connectivity index (χ0v) is 17.8. The topological polar surface area (TPSA) is 79.2 Å². The molecule has 0 spiro atoms. The summed E-state index contributed by atoms with van der Waals surface area (Å²) in [4.78, 5) is 11.8. The predicted octanol–water partition coefficient (Wildman–Crippen LogP) is 3.41. The molecule has 1 unspecified atom stereocenters. The summed E-state index contributed by atoms with van der Waals surface area (Å²) < 4.78 is 0. The van der Waals surface area contributed by atoms with Gasteiger partial charge in [-0.1, -0.05) is 64.3 Å². The fraction of sp³-hybridized carbons (Fsp3) is 0.609. The molecule has 1 amide bonds. The number of amides is 1. The predicted molar refractivity (Wildman–Crippen MR) is 118 cm³/mol. The smallest absolute Gasteiger partial charge is 0.252 e. The van der Waals surface area contributed by atoms with Gasteiger partial charge in [0.05, 0.1) is 11.6 Å². The van der Waals surface area contributed by atoms with Crippen molar-refractivity contribution in [2.45, 2.75) is 83.8 Å². The lowest BCUT2D eigenvalue weighted by Crippen LogP contribution is -2.43.